The van der Waals surface area contributed by atoms with Crippen molar-refractivity contribution >= 4 is 10.0 Å². The summed E-state index contributed by atoms with van der Waals surface area (Å²) in [5.74, 6) is -0.0836. The predicted molar refractivity (Wildman–Crippen MR) is 67.5 cm³/mol. The third-order valence-electron chi connectivity index (χ3n) is 2.44. The van der Waals surface area contributed by atoms with E-state index in [0.29, 0.717) is 0 Å². The molecule has 1 aromatic rings. The van der Waals surface area contributed by atoms with Gasteiger partial charge < -0.3 is 10.1 Å². The van der Waals surface area contributed by atoms with Gasteiger partial charge in [0.2, 0.25) is 10.0 Å². The molecule has 0 amide bonds. The van der Waals surface area contributed by atoms with Crippen LogP contribution in [0.2, 0.25) is 0 Å². The summed E-state index contributed by atoms with van der Waals surface area (Å²) < 4.78 is 49.6. The molecule has 0 aliphatic rings. The first-order valence-corrected chi connectivity index (χ1v) is 7.28. The van der Waals surface area contributed by atoms with Crippen LogP contribution in [0.3, 0.4) is 0 Å². The van der Waals surface area contributed by atoms with Gasteiger partial charge in [0.15, 0.2) is 0 Å². The minimum Gasteiger partial charge on any atom is -0.435 e. The minimum atomic E-state index is -3.49. The molecule has 0 saturated carbocycles. The van der Waals surface area contributed by atoms with Crippen molar-refractivity contribution in [3.63, 3.8) is 0 Å². The molecular weight excluding hydrogens is 278 g/mol. The maximum Gasteiger partial charge on any atom is 0.387 e. The van der Waals surface area contributed by atoms with Gasteiger partial charge in [0.1, 0.15) is 5.75 Å². The van der Waals surface area contributed by atoms with Gasteiger partial charge in [0, 0.05) is 12.6 Å². The maximum absolute atomic E-state index is 12.0. The Hall–Kier alpha value is -1.25. The molecule has 0 heterocycles. The molecule has 0 bridgehead atoms. The average molecular weight is 294 g/mol. The topological polar surface area (TPSA) is 81.4 Å². The van der Waals surface area contributed by atoms with E-state index in [0.717, 1.165) is 5.56 Å². The SMILES string of the molecule is CC(NCCS(N)(=O)=O)c1ccc(OC(F)F)cc1. The molecule has 108 valence electrons. The van der Waals surface area contributed by atoms with Gasteiger partial charge in [-0.25, -0.2) is 13.6 Å². The Morgan fingerprint density at radius 3 is 2.37 bits per heavy atom. The Kier molecular flexibility index (Phi) is 5.64. The molecular formula is C11H16F2N2O3S. The van der Waals surface area contributed by atoms with Crippen molar-refractivity contribution in [2.75, 3.05) is 12.3 Å². The van der Waals surface area contributed by atoms with E-state index < -0.39 is 16.6 Å². The number of rotatable bonds is 7. The number of ether oxygens (including phenoxy) is 1. The second kappa shape index (κ2) is 6.78. The number of primary sulfonamides is 1. The number of hydrogen-bond acceptors (Lipinski definition) is 4. The molecule has 0 aromatic heterocycles. The quantitative estimate of drug-likeness (QED) is 0.792. The fraction of sp³-hybridized carbons (Fsp3) is 0.455. The number of benzene rings is 1. The van der Waals surface area contributed by atoms with Crippen molar-refractivity contribution in [3.8, 4) is 5.75 Å². The first-order valence-electron chi connectivity index (χ1n) is 5.56. The zero-order valence-electron chi connectivity index (χ0n) is 10.3. The predicted octanol–water partition coefficient (Wildman–Crippen LogP) is 1.23. The van der Waals surface area contributed by atoms with Crippen molar-refractivity contribution in [3.05, 3.63) is 29.8 Å². The number of hydrogen-bond donors (Lipinski definition) is 2. The smallest absolute Gasteiger partial charge is 0.387 e. The van der Waals surface area contributed by atoms with Crippen LogP contribution in [-0.4, -0.2) is 27.3 Å². The van der Waals surface area contributed by atoms with Crippen LogP contribution in [-0.2, 0) is 10.0 Å². The second-order valence-corrected chi connectivity index (χ2v) is 5.72. The average Bonchev–Trinajstić information content (AvgIpc) is 2.27. The summed E-state index contributed by atoms with van der Waals surface area (Å²) in [6, 6.07) is 6.00. The molecule has 3 N–H and O–H groups in total. The molecule has 0 spiro atoms. The van der Waals surface area contributed by atoms with Crippen LogP contribution in [0.1, 0.15) is 18.5 Å². The molecule has 1 aromatic carbocycles. The van der Waals surface area contributed by atoms with Gasteiger partial charge in [-0.1, -0.05) is 12.1 Å². The van der Waals surface area contributed by atoms with Crippen LogP contribution in [0.4, 0.5) is 8.78 Å². The van der Waals surface area contributed by atoms with Crippen molar-refractivity contribution in [2.24, 2.45) is 5.14 Å². The molecule has 0 radical (unpaired) electrons. The van der Waals surface area contributed by atoms with E-state index >= 15 is 0 Å². The number of alkyl halides is 2. The zero-order chi connectivity index (χ0) is 14.5. The summed E-state index contributed by atoms with van der Waals surface area (Å²) in [7, 11) is -3.49. The van der Waals surface area contributed by atoms with Crippen LogP contribution in [0.15, 0.2) is 24.3 Å². The van der Waals surface area contributed by atoms with Crippen molar-refractivity contribution < 1.29 is 21.9 Å². The van der Waals surface area contributed by atoms with Crippen LogP contribution in [0.25, 0.3) is 0 Å². The third kappa shape index (κ3) is 6.46. The van der Waals surface area contributed by atoms with Gasteiger partial charge in [-0.2, -0.15) is 8.78 Å². The normalized spacial score (nSPS) is 13.5. The summed E-state index contributed by atoms with van der Waals surface area (Å²) in [5.41, 5.74) is 0.830. The number of halogens is 2. The lowest BCUT2D eigenvalue weighted by Crippen LogP contribution is -2.28. The molecule has 0 aliphatic carbocycles. The highest BCUT2D eigenvalue weighted by Crippen LogP contribution is 2.18. The van der Waals surface area contributed by atoms with Crippen molar-refractivity contribution in [1.82, 2.24) is 5.32 Å². The molecule has 0 saturated heterocycles. The number of nitrogens with two attached hydrogens (primary N) is 1. The minimum absolute atomic E-state index is 0.0792. The van der Waals surface area contributed by atoms with E-state index in [4.69, 9.17) is 5.14 Å². The molecule has 1 unspecified atom stereocenters. The molecule has 0 aliphatic heterocycles. The Morgan fingerprint density at radius 1 is 1.32 bits per heavy atom. The van der Waals surface area contributed by atoms with E-state index in [9.17, 15) is 17.2 Å². The Balaban J connectivity index is 2.51. The van der Waals surface area contributed by atoms with Gasteiger partial charge >= 0.3 is 6.61 Å². The zero-order valence-corrected chi connectivity index (χ0v) is 11.2. The highest BCUT2D eigenvalue weighted by atomic mass is 32.2. The lowest BCUT2D eigenvalue weighted by molar-refractivity contribution is -0.0498. The summed E-state index contributed by atoms with van der Waals surface area (Å²) in [4.78, 5) is 0. The highest BCUT2D eigenvalue weighted by molar-refractivity contribution is 7.89. The highest BCUT2D eigenvalue weighted by Gasteiger charge is 2.08. The lowest BCUT2D eigenvalue weighted by atomic mass is 10.1. The van der Waals surface area contributed by atoms with E-state index in [1.165, 1.54) is 12.1 Å². The van der Waals surface area contributed by atoms with Gasteiger partial charge in [-0.15, -0.1) is 0 Å². The lowest BCUT2D eigenvalue weighted by Gasteiger charge is -2.14. The van der Waals surface area contributed by atoms with Crippen LogP contribution in [0, 0.1) is 0 Å². The monoisotopic (exact) mass is 294 g/mol. The number of nitrogens with one attached hydrogen (secondary N) is 1. The molecule has 5 nitrogen and oxygen atoms in total. The van der Waals surface area contributed by atoms with Crippen LogP contribution >= 0.6 is 0 Å². The molecule has 8 heteroatoms. The fourth-order valence-corrected chi connectivity index (χ4v) is 1.88. The van der Waals surface area contributed by atoms with Gasteiger partial charge in [0.05, 0.1) is 5.75 Å². The Labute approximate surface area is 110 Å². The summed E-state index contributed by atoms with van der Waals surface area (Å²) >= 11 is 0. The Bertz CT molecular complexity index is 491. The first-order chi connectivity index (χ1) is 8.78. The number of sulfonamides is 1. The summed E-state index contributed by atoms with van der Waals surface area (Å²) in [6.07, 6.45) is 0. The molecule has 19 heavy (non-hydrogen) atoms. The van der Waals surface area contributed by atoms with Crippen molar-refractivity contribution in [1.29, 1.82) is 0 Å². The second-order valence-electron chi connectivity index (χ2n) is 3.99. The van der Waals surface area contributed by atoms with Gasteiger partial charge in [0.25, 0.3) is 0 Å². The largest absolute Gasteiger partial charge is 0.435 e. The summed E-state index contributed by atoms with van der Waals surface area (Å²) in [6.45, 7) is -0.808. The molecule has 1 rings (SSSR count). The van der Waals surface area contributed by atoms with Crippen LogP contribution < -0.4 is 15.2 Å². The molecule has 1 atom stereocenters. The standard InChI is InChI=1S/C11H16F2N2O3S/c1-8(15-6-7-19(14,16)17)9-2-4-10(5-3-9)18-11(12)13/h2-5,8,11,15H,6-7H2,1H3,(H2,14,16,17). The van der Waals surface area contributed by atoms with Crippen LogP contribution in [0.5, 0.6) is 5.75 Å². The van der Waals surface area contributed by atoms with E-state index in [-0.39, 0.29) is 24.1 Å². The van der Waals surface area contributed by atoms with Gasteiger partial charge in [-0.05, 0) is 24.6 Å². The summed E-state index contributed by atoms with van der Waals surface area (Å²) in [5, 5.41) is 7.84. The van der Waals surface area contributed by atoms with E-state index in [1.54, 1.807) is 12.1 Å². The molecule has 0 fully saturated rings. The van der Waals surface area contributed by atoms with Gasteiger partial charge in [-0.3, -0.25) is 0 Å². The van der Waals surface area contributed by atoms with E-state index in [1.807, 2.05) is 6.92 Å². The first kappa shape index (κ1) is 15.8. The third-order valence-corrected chi connectivity index (χ3v) is 3.22. The van der Waals surface area contributed by atoms with E-state index in [2.05, 4.69) is 10.1 Å². The fourth-order valence-electron chi connectivity index (χ4n) is 1.47. The van der Waals surface area contributed by atoms with Crippen molar-refractivity contribution in [2.45, 2.75) is 19.6 Å². The Morgan fingerprint density at radius 2 is 1.89 bits per heavy atom. The maximum atomic E-state index is 12.0.